The molecule has 3 rings (SSSR count). The first-order chi connectivity index (χ1) is 9.85. The third-order valence-corrected chi connectivity index (χ3v) is 4.44. The Hall–Kier alpha value is -0.900. The molecule has 0 saturated carbocycles. The van der Waals surface area contributed by atoms with Crippen molar-refractivity contribution in [1.29, 1.82) is 0 Å². The van der Waals surface area contributed by atoms with Crippen LogP contribution in [0.4, 0.5) is 0 Å². The Morgan fingerprint density at radius 2 is 1.81 bits per heavy atom. The summed E-state index contributed by atoms with van der Waals surface area (Å²) in [6, 6.07) is 8.87. The molecule has 0 bridgehead atoms. The summed E-state index contributed by atoms with van der Waals surface area (Å²) in [7, 11) is 0. The van der Waals surface area contributed by atoms with Gasteiger partial charge in [-0.2, -0.15) is 0 Å². The molecule has 1 aromatic carbocycles. The zero-order valence-corrected chi connectivity index (χ0v) is 13.8. The van der Waals surface area contributed by atoms with Crippen molar-refractivity contribution >= 4 is 0 Å². The molecular formula is C18H28N2O. The molecule has 0 spiro atoms. The third-order valence-electron chi connectivity index (χ3n) is 4.44. The van der Waals surface area contributed by atoms with E-state index < -0.39 is 0 Å². The Labute approximate surface area is 128 Å². The summed E-state index contributed by atoms with van der Waals surface area (Å²) in [5.74, 6) is 0.583. The molecule has 1 aromatic rings. The number of benzene rings is 1. The molecule has 0 amide bonds. The highest BCUT2D eigenvalue weighted by atomic mass is 16.5. The highest BCUT2D eigenvalue weighted by molar-refractivity contribution is 5.33. The second-order valence-electron chi connectivity index (χ2n) is 7.82. The molecule has 3 nitrogen and oxygen atoms in total. The number of hydrogen-bond donors (Lipinski definition) is 1. The number of nitrogens with one attached hydrogen (secondary N) is 1. The minimum atomic E-state index is -0.0661. The van der Waals surface area contributed by atoms with Gasteiger partial charge in [0, 0.05) is 38.6 Å². The van der Waals surface area contributed by atoms with E-state index in [0.717, 1.165) is 32.7 Å². The lowest BCUT2D eigenvalue weighted by molar-refractivity contribution is -0.181. The average Bonchev–Trinajstić information content (AvgIpc) is 2.35. The van der Waals surface area contributed by atoms with E-state index in [2.05, 4.69) is 62.2 Å². The SMILES string of the molecule is CC1(C)CN(CC2CNCc3ccccc32)CC(C)(C)O1. The first-order valence-electron chi connectivity index (χ1n) is 8.06. The maximum Gasteiger partial charge on any atom is 0.0760 e. The first kappa shape index (κ1) is 15.0. The number of nitrogens with zero attached hydrogens (tertiary/aromatic N) is 1. The van der Waals surface area contributed by atoms with E-state index in [1.807, 2.05) is 0 Å². The molecule has 21 heavy (non-hydrogen) atoms. The number of rotatable bonds is 2. The van der Waals surface area contributed by atoms with Crippen molar-refractivity contribution in [3.63, 3.8) is 0 Å². The monoisotopic (exact) mass is 288 g/mol. The molecular weight excluding hydrogens is 260 g/mol. The number of morpholine rings is 1. The molecule has 2 aliphatic heterocycles. The normalized spacial score (nSPS) is 28.1. The second-order valence-corrected chi connectivity index (χ2v) is 7.82. The first-order valence-corrected chi connectivity index (χ1v) is 8.06. The zero-order chi connectivity index (χ0) is 15.1. The molecule has 1 N–H and O–H groups in total. The third kappa shape index (κ3) is 3.47. The molecule has 1 fully saturated rings. The molecule has 0 radical (unpaired) electrons. The predicted octanol–water partition coefficient (Wildman–Crippen LogP) is 2.76. The largest absolute Gasteiger partial charge is 0.367 e. The Bertz CT molecular complexity index is 494. The van der Waals surface area contributed by atoms with Crippen molar-refractivity contribution < 1.29 is 4.74 Å². The summed E-state index contributed by atoms with van der Waals surface area (Å²) >= 11 is 0. The molecule has 3 heteroatoms. The fourth-order valence-electron chi connectivity index (χ4n) is 4.13. The molecule has 2 aliphatic rings. The summed E-state index contributed by atoms with van der Waals surface area (Å²) in [4.78, 5) is 2.58. The van der Waals surface area contributed by atoms with Gasteiger partial charge in [-0.15, -0.1) is 0 Å². The summed E-state index contributed by atoms with van der Waals surface area (Å²) < 4.78 is 6.19. The lowest BCUT2D eigenvalue weighted by Crippen LogP contribution is -2.58. The van der Waals surface area contributed by atoms with Gasteiger partial charge in [0.15, 0.2) is 0 Å². The van der Waals surface area contributed by atoms with E-state index in [-0.39, 0.29) is 11.2 Å². The molecule has 116 valence electrons. The van der Waals surface area contributed by atoms with Gasteiger partial charge in [-0.25, -0.2) is 0 Å². The Kier molecular flexibility index (Phi) is 3.85. The van der Waals surface area contributed by atoms with Crippen LogP contribution in [0.15, 0.2) is 24.3 Å². The van der Waals surface area contributed by atoms with Crippen molar-refractivity contribution in [1.82, 2.24) is 10.2 Å². The Morgan fingerprint density at radius 3 is 2.52 bits per heavy atom. The molecule has 1 atom stereocenters. The van der Waals surface area contributed by atoms with Crippen molar-refractivity contribution in [3.8, 4) is 0 Å². The van der Waals surface area contributed by atoms with Crippen LogP contribution in [0.1, 0.15) is 44.7 Å². The van der Waals surface area contributed by atoms with Crippen LogP contribution < -0.4 is 5.32 Å². The molecule has 1 saturated heterocycles. The average molecular weight is 288 g/mol. The quantitative estimate of drug-likeness (QED) is 0.905. The van der Waals surface area contributed by atoms with Gasteiger partial charge >= 0.3 is 0 Å². The fourth-order valence-corrected chi connectivity index (χ4v) is 4.13. The topological polar surface area (TPSA) is 24.5 Å². The van der Waals surface area contributed by atoms with Crippen molar-refractivity contribution in [2.75, 3.05) is 26.2 Å². The molecule has 0 aliphatic carbocycles. The van der Waals surface area contributed by atoms with Crippen LogP contribution in [0.5, 0.6) is 0 Å². The smallest absolute Gasteiger partial charge is 0.0760 e. The minimum Gasteiger partial charge on any atom is -0.367 e. The molecule has 1 unspecified atom stereocenters. The lowest BCUT2D eigenvalue weighted by Gasteiger charge is -2.48. The van der Waals surface area contributed by atoms with Crippen LogP contribution in [-0.4, -0.2) is 42.3 Å². The van der Waals surface area contributed by atoms with E-state index in [9.17, 15) is 0 Å². The Morgan fingerprint density at radius 1 is 1.14 bits per heavy atom. The van der Waals surface area contributed by atoms with E-state index >= 15 is 0 Å². The van der Waals surface area contributed by atoms with Gasteiger partial charge in [-0.3, -0.25) is 4.90 Å². The zero-order valence-electron chi connectivity index (χ0n) is 13.8. The van der Waals surface area contributed by atoms with Crippen LogP contribution in [-0.2, 0) is 11.3 Å². The van der Waals surface area contributed by atoms with Gasteiger partial charge in [0.05, 0.1) is 11.2 Å². The van der Waals surface area contributed by atoms with E-state index in [4.69, 9.17) is 4.74 Å². The van der Waals surface area contributed by atoms with Gasteiger partial charge in [-0.1, -0.05) is 24.3 Å². The number of hydrogen-bond acceptors (Lipinski definition) is 3. The van der Waals surface area contributed by atoms with Crippen molar-refractivity contribution in [2.24, 2.45) is 0 Å². The van der Waals surface area contributed by atoms with E-state index in [1.165, 1.54) is 11.1 Å². The van der Waals surface area contributed by atoms with Crippen molar-refractivity contribution in [2.45, 2.75) is 51.4 Å². The summed E-state index contributed by atoms with van der Waals surface area (Å²) in [6.07, 6.45) is 0. The second kappa shape index (κ2) is 5.38. The highest BCUT2D eigenvalue weighted by Gasteiger charge is 2.39. The van der Waals surface area contributed by atoms with Crippen LogP contribution in [0.2, 0.25) is 0 Å². The van der Waals surface area contributed by atoms with E-state index in [0.29, 0.717) is 5.92 Å². The maximum atomic E-state index is 6.19. The van der Waals surface area contributed by atoms with Crippen molar-refractivity contribution in [3.05, 3.63) is 35.4 Å². The molecule has 0 aromatic heterocycles. The standard InChI is InChI=1S/C18H28N2O/c1-17(2)12-20(13-18(3,4)21-17)11-15-10-19-9-14-7-5-6-8-16(14)15/h5-8,15,19H,9-13H2,1-4H3. The lowest BCUT2D eigenvalue weighted by atomic mass is 9.89. The van der Waals surface area contributed by atoms with Gasteiger partial charge in [0.25, 0.3) is 0 Å². The summed E-state index contributed by atoms with van der Waals surface area (Å²) in [5, 5.41) is 3.56. The highest BCUT2D eigenvalue weighted by Crippen LogP contribution is 2.31. The van der Waals surface area contributed by atoms with Gasteiger partial charge in [0.1, 0.15) is 0 Å². The fraction of sp³-hybridized carbons (Fsp3) is 0.667. The predicted molar refractivity (Wildman–Crippen MR) is 86.6 cm³/mol. The van der Waals surface area contributed by atoms with E-state index in [1.54, 1.807) is 0 Å². The van der Waals surface area contributed by atoms with Crippen LogP contribution in [0.25, 0.3) is 0 Å². The van der Waals surface area contributed by atoms with Crippen LogP contribution >= 0.6 is 0 Å². The minimum absolute atomic E-state index is 0.0661. The van der Waals surface area contributed by atoms with Gasteiger partial charge in [-0.05, 0) is 38.8 Å². The number of ether oxygens (including phenoxy) is 1. The molecule has 2 heterocycles. The Balaban J connectivity index is 1.75. The van der Waals surface area contributed by atoms with Crippen LogP contribution in [0.3, 0.4) is 0 Å². The number of fused-ring (bicyclic) bond motifs is 1. The maximum absolute atomic E-state index is 6.19. The summed E-state index contributed by atoms with van der Waals surface area (Å²) in [5.41, 5.74) is 2.85. The van der Waals surface area contributed by atoms with Gasteiger partial charge in [0.2, 0.25) is 0 Å². The van der Waals surface area contributed by atoms with Gasteiger partial charge < -0.3 is 10.1 Å². The summed E-state index contributed by atoms with van der Waals surface area (Å²) in [6.45, 7) is 14.0. The van der Waals surface area contributed by atoms with Crippen LogP contribution in [0, 0.1) is 0 Å².